The fraction of sp³-hybridized carbons (Fsp3) is 0.231. The van der Waals surface area contributed by atoms with E-state index in [0.29, 0.717) is 18.0 Å². The number of rotatable bonds is 10. The molecule has 0 spiro atoms. The molecule has 0 aromatic heterocycles. The van der Waals surface area contributed by atoms with Gasteiger partial charge in [0.1, 0.15) is 5.75 Å². The van der Waals surface area contributed by atoms with Crippen LogP contribution in [0.4, 0.5) is 11.4 Å². The van der Waals surface area contributed by atoms with Crippen LogP contribution in [0.1, 0.15) is 35.3 Å². The van der Waals surface area contributed by atoms with Crippen LogP contribution in [-0.4, -0.2) is 33.5 Å². The maximum Gasteiger partial charge on any atom is 0.340 e. The molecule has 0 unspecified atom stereocenters. The Morgan fingerprint density at radius 1 is 0.914 bits per heavy atom. The van der Waals surface area contributed by atoms with E-state index in [-0.39, 0.29) is 16.1 Å². The Balaban J connectivity index is 1.69. The normalized spacial score (nSPS) is 10.9. The second kappa shape index (κ2) is 11.5. The van der Waals surface area contributed by atoms with Crippen LogP contribution >= 0.6 is 0 Å². The van der Waals surface area contributed by atoms with E-state index in [1.165, 1.54) is 24.3 Å². The van der Waals surface area contributed by atoms with E-state index in [9.17, 15) is 18.0 Å². The first-order chi connectivity index (χ1) is 16.7. The van der Waals surface area contributed by atoms with E-state index >= 15 is 0 Å². The van der Waals surface area contributed by atoms with Crippen LogP contribution < -0.4 is 14.8 Å². The number of carbonyl (C=O) groups is 2. The lowest BCUT2D eigenvalue weighted by molar-refractivity contribution is -0.119. The zero-order valence-corrected chi connectivity index (χ0v) is 20.6. The summed E-state index contributed by atoms with van der Waals surface area (Å²) in [7, 11) is -3.98. The van der Waals surface area contributed by atoms with Crippen LogP contribution in [-0.2, 0) is 26.0 Å². The summed E-state index contributed by atoms with van der Waals surface area (Å²) in [5.74, 6) is -0.772. The Morgan fingerprint density at radius 3 is 2.31 bits per heavy atom. The standard InChI is InChI=1S/C26H28N2O6S/c1-4-19-10-8-9-18(3)25(19)27-24(29)17-34-26(30)22-11-6-7-12-23(22)28-35(31,32)21-15-13-20(14-16-21)33-5-2/h6-16,28H,4-5,17H2,1-3H3,(H,27,29). The van der Waals surface area contributed by atoms with E-state index in [4.69, 9.17) is 9.47 Å². The summed E-state index contributed by atoms with van der Waals surface area (Å²) in [5.41, 5.74) is 2.59. The van der Waals surface area contributed by atoms with Crippen molar-refractivity contribution in [3.63, 3.8) is 0 Å². The van der Waals surface area contributed by atoms with Gasteiger partial charge in [0.15, 0.2) is 6.61 Å². The second-order valence-electron chi connectivity index (χ2n) is 7.64. The van der Waals surface area contributed by atoms with Crippen LogP contribution in [0.2, 0.25) is 0 Å². The lowest BCUT2D eigenvalue weighted by atomic mass is 10.1. The van der Waals surface area contributed by atoms with Crippen LogP contribution in [0.15, 0.2) is 71.6 Å². The van der Waals surface area contributed by atoms with Gasteiger partial charge in [0, 0.05) is 5.69 Å². The number of para-hydroxylation sites is 2. The van der Waals surface area contributed by atoms with Gasteiger partial charge in [-0.05, 0) is 67.8 Å². The quantitative estimate of drug-likeness (QED) is 0.398. The number of nitrogens with one attached hydrogen (secondary N) is 2. The van der Waals surface area contributed by atoms with Crippen molar-refractivity contribution in [2.24, 2.45) is 0 Å². The predicted molar refractivity (Wildman–Crippen MR) is 134 cm³/mol. The predicted octanol–water partition coefficient (Wildman–Crippen LogP) is 4.55. The fourth-order valence-corrected chi connectivity index (χ4v) is 4.50. The molecule has 0 aliphatic heterocycles. The molecule has 0 bridgehead atoms. The molecular weight excluding hydrogens is 468 g/mol. The third-order valence-electron chi connectivity index (χ3n) is 5.18. The number of aryl methyl sites for hydroxylation is 2. The molecule has 0 atom stereocenters. The Kier molecular flexibility index (Phi) is 8.48. The number of esters is 1. The van der Waals surface area contributed by atoms with Crippen molar-refractivity contribution >= 4 is 33.3 Å². The largest absolute Gasteiger partial charge is 0.494 e. The molecule has 35 heavy (non-hydrogen) atoms. The van der Waals surface area contributed by atoms with Crippen molar-refractivity contribution in [2.45, 2.75) is 32.1 Å². The monoisotopic (exact) mass is 496 g/mol. The summed E-state index contributed by atoms with van der Waals surface area (Å²) in [6, 6.07) is 17.7. The minimum atomic E-state index is -3.98. The summed E-state index contributed by atoms with van der Waals surface area (Å²) < 4.78 is 38.6. The molecule has 2 N–H and O–H groups in total. The molecule has 9 heteroatoms. The molecule has 184 valence electrons. The van der Waals surface area contributed by atoms with Crippen LogP contribution in [0.5, 0.6) is 5.75 Å². The van der Waals surface area contributed by atoms with E-state index in [2.05, 4.69) is 10.0 Å². The van der Waals surface area contributed by atoms with E-state index in [1.54, 1.807) is 24.3 Å². The molecule has 0 radical (unpaired) electrons. The van der Waals surface area contributed by atoms with Crippen molar-refractivity contribution in [2.75, 3.05) is 23.3 Å². The molecule has 3 aromatic rings. The van der Waals surface area contributed by atoms with Gasteiger partial charge in [-0.3, -0.25) is 9.52 Å². The maximum atomic E-state index is 12.8. The zero-order valence-electron chi connectivity index (χ0n) is 19.8. The van der Waals surface area contributed by atoms with Gasteiger partial charge in [-0.25, -0.2) is 13.2 Å². The summed E-state index contributed by atoms with van der Waals surface area (Å²) >= 11 is 0. The number of sulfonamides is 1. The van der Waals surface area contributed by atoms with Gasteiger partial charge < -0.3 is 14.8 Å². The number of anilines is 2. The van der Waals surface area contributed by atoms with Gasteiger partial charge in [-0.2, -0.15) is 0 Å². The smallest absolute Gasteiger partial charge is 0.340 e. The highest BCUT2D eigenvalue weighted by Crippen LogP contribution is 2.23. The number of ether oxygens (including phenoxy) is 2. The molecule has 8 nitrogen and oxygen atoms in total. The lowest BCUT2D eigenvalue weighted by Gasteiger charge is -2.14. The highest BCUT2D eigenvalue weighted by Gasteiger charge is 2.20. The van der Waals surface area contributed by atoms with Crippen LogP contribution in [0, 0.1) is 6.92 Å². The minimum absolute atomic E-state index is 0.00783. The van der Waals surface area contributed by atoms with Crippen molar-refractivity contribution in [1.82, 2.24) is 0 Å². The third-order valence-corrected chi connectivity index (χ3v) is 6.56. The Hall–Kier alpha value is -3.85. The summed E-state index contributed by atoms with van der Waals surface area (Å²) in [6.07, 6.45) is 0.735. The SMILES string of the molecule is CCOc1ccc(S(=O)(=O)Nc2ccccc2C(=O)OCC(=O)Nc2c(C)cccc2CC)cc1. The summed E-state index contributed by atoms with van der Waals surface area (Å²) in [6.45, 7) is 5.64. The molecule has 0 aliphatic carbocycles. The second-order valence-corrected chi connectivity index (χ2v) is 9.32. The third kappa shape index (κ3) is 6.60. The molecule has 0 saturated heterocycles. The highest BCUT2D eigenvalue weighted by molar-refractivity contribution is 7.92. The van der Waals surface area contributed by atoms with Crippen molar-refractivity contribution in [1.29, 1.82) is 0 Å². The highest BCUT2D eigenvalue weighted by atomic mass is 32.2. The summed E-state index contributed by atoms with van der Waals surface area (Å²) in [4.78, 5) is 25.1. The summed E-state index contributed by atoms with van der Waals surface area (Å²) in [5, 5.41) is 2.79. The van der Waals surface area contributed by atoms with Crippen LogP contribution in [0.25, 0.3) is 0 Å². The van der Waals surface area contributed by atoms with Gasteiger partial charge in [0.2, 0.25) is 0 Å². The van der Waals surface area contributed by atoms with E-state index < -0.39 is 28.5 Å². The Labute approximate surface area is 205 Å². The average molecular weight is 497 g/mol. The van der Waals surface area contributed by atoms with E-state index in [1.807, 2.05) is 39.0 Å². The minimum Gasteiger partial charge on any atom is -0.494 e. The first kappa shape index (κ1) is 25.8. The fourth-order valence-electron chi connectivity index (χ4n) is 3.42. The first-order valence-corrected chi connectivity index (χ1v) is 12.6. The number of hydrogen-bond donors (Lipinski definition) is 2. The molecule has 3 aromatic carbocycles. The average Bonchev–Trinajstić information content (AvgIpc) is 2.84. The molecule has 0 aliphatic rings. The number of hydrogen-bond acceptors (Lipinski definition) is 6. The lowest BCUT2D eigenvalue weighted by Crippen LogP contribution is -2.23. The molecule has 0 saturated carbocycles. The number of carbonyl (C=O) groups excluding carboxylic acids is 2. The molecule has 0 fully saturated rings. The maximum absolute atomic E-state index is 12.8. The molecule has 3 rings (SSSR count). The van der Waals surface area contributed by atoms with Crippen molar-refractivity contribution in [3.05, 3.63) is 83.4 Å². The van der Waals surface area contributed by atoms with Crippen LogP contribution in [0.3, 0.4) is 0 Å². The van der Waals surface area contributed by atoms with Gasteiger partial charge in [0.05, 0.1) is 22.8 Å². The number of amides is 1. The zero-order chi connectivity index (χ0) is 25.4. The van der Waals surface area contributed by atoms with Crippen molar-refractivity contribution < 1.29 is 27.5 Å². The van der Waals surface area contributed by atoms with Gasteiger partial charge in [0.25, 0.3) is 15.9 Å². The molecular formula is C26H28N2O6S. The Bertz CT molecular complexity index is 1300. The number of benzene rings is 3. The Morgan fingerprint density at radius 2 is 1.63 bits per heavy atom. The van der Waals surface area contributed by atoms with Gasteiger partial charge in [-0.1, -0.05) is 37.3 Å². The molecule has 0 heterocycles. The topological polar surface area (TPSA) is 111 Å². The van der Waals surface area contributed by atoms with Gasteiger partial charge >= 0.3 is 5.97 Å². The van der Waals surface area contributed by atoms with E-state index in [0.717, 1.165) is 17.5 Å². The first-order valence-electron chi connectivity index (χ1n) is 11.1. The van der Waals surface area contributed by atoms with Gasteiger partial charge in [-0.15, -0.1) is 0 Å². The van der Waals surface area contributed by atoms with Crippen molar-refractivity contribution in [3.8, 4) is 5.75 Å². The molecule has 1 amide bonds.